The number of carbonyl (C=O) groups is 1. The molecule has 0 saturated carbocycles. The third-order valence-corrected chi connectivity index (χ3v) is 2.73. The van der Waals surface area contributed by atoms with Gasteiger partial charge in [-0.15, -0.1) is 11.6 Å². The maximum absolute atomic E-state index is 11.6. The Morgan fingerprint density at radius 1 is 1.33 bits per heavy atom. The van der Waals surface area contributed by atoms with Gasteiger partial charge in [-0.1, -0.05) is 34.1 Å². The highest BCUT2D eigenvalue weighted by atomic mass is 35.5. The van der Waals surface area contributed by atoms with Crippen molar-refractivity contribution in [3.05, 3.63) is 0 Å². The minimum atomic E-state index is 0.0581. The van der Waals surface area contributed by atoms with Gasteiger partial charge in [0.2, 0.25) is 5.91 Å². The largest absolute Gasteiger partial charge is 0.354 e. The highest BCUT2D eigenvalue weighted by molar-refractivity contribution is 6.20. The summed E-state index contributed by atoms with van der Waals surface area (Å²) in [6.07, 6.45) is 2.94. The van der Waals surface area contributed by atoms with Gasteiger partial charge in [-0.2, -0.15) is 0 Å². The SMILES string of the molecule is CCCC(C)C(=O)NCC(Cl)CC(C)C. The first kappa shape index (κ1) is 14.8. The summed E-state index contributed by atoms with van der Waals surface area (Å²) in [5.74, 6) is 0.821. The van der Waals surface area contributed by atoms with Crippen molar-refractivity contribution >= 4 is 17.5 Å². The van der Waals surface area contributed by atoms with E-state index in [9.17, 15) is 4.79 Å². The number of hydrogen-bond acceptors (Lipinski definition) is 1. The van der Waals surface area contributed by atoms with Crippen LogP contribution in [0.2, 0.25) is 0 Å². The summed E-state index contributed by atoms with van der Waals surface area (Å²) in [6, 6.07) is 0. The number of carbonyl (C=O) groups excluding carboxylic acids is 1. The Morgan fingerprint density at radius 3 is 2.40 bits per heavy atom. The monoisotopic (exact) mass is 233 g/mol. The van der Waals surface area contributed by atoms with Gasteiger partial charge < -0.3 is 5.32 Å². The molecule has 0 aliphatic carbocycles. The van der Waals surface area contributed by atoms with Gasteiger partial charge in [0.05, 0.1) is 5.38 Å². The second-order valence-electron chi connectivity index (χ2n) is 4.66. The molecule has 0 bridgehead atoms. The molecule has 90 valence electrons. The fraction of sp³-hybridized carbons (Fsp3) is 0.917. The van der Waals surface area contributed by atoms with Crippen molar-refractivity contribution in [3.63, 3.8) is 0 Å². The molecule has 2 unspecified atom stereocenters. The summed E-state index contributed by atoms with van der Waals surface area (Å²) in [7, 11) is 0. The van der Waals surface area contributed by atoms with E-state index in [2.05, 4.69) is 26.1 Å². The van der Waals surface area contributed by atoms with Crippen molar-refractivity contribution in [2.75, 3.05) is 6.54 Å². The number of halogens is 1. The van der Waals surface area contributed by atoms with Gasteiger partial charge in [-0.25, -0.2) is 0 Å². The van der Waals surface area contributed by atoms with E-state index < -0.39 is 0 Å². The average Bonchev–Trinajstić information content (AvgIpc) is 2.13. The zero-order chi connectivity index (χ0) is 11.8. The van der Waals surface area contributed by atoms with Crippen LogP contribution in [0.5, 0.6) is 0 Å². The van der Waals surface area contributed by atoms with E-state index in [-0.39, 0.29) is 17.2 Å². The molecule has 15 heavy (non-hydrogen) atoms. The first-order chi connectivity index (χ1) is 6.97. The Bertz CT molecular complexity index is 182. The lowest BCUT2D eigenvalue weighted by molar-refractivity contribution is -0.124. The van der Waals surface area contributed by atoms with Crippen molar-refractivity contribution in [2.24, 2.45) is 11.8 Å². The average molecular weight is 234 g/mol. The number of amides is 1. The maximum atomic E-state index is 11.6. The molecule has 0 fully saturated rings. The van der Waals surface area contributed by atoms with E-state index in [0.717, 1.165) is 19.3 Å². The number of alkyl halides is 1. The number of nitrogens with one attached hydrogen (secondary N) is 1. The molecule has 0 aromatic rings. The molecule has 0 radical (unpaired) electrons. The van der Waals surface area contributed by atoms with E-state index in [4.69, 9.17) is 11.6 Å². The molecule has 2 nitrogen and oxygen atoms in total. The lowest BCUT2D eigenvalue weighted by Crippen LogP contribution is -2.34. The summed E-state index contributed by atoms with van der Waals surface area (Å²) < 4.78 is 0. The van der Waals surface area contributed by atoms with Crippen LogP contribution in [0.25, 0.3) is 0 Å². The predicted octanol–water partition coefficient (Wildman–Crippen LogP) is 3.19. The number of hydrogen-bond donors (Lipinski definition) is 1. The zero-order valence-electron chi connectivity index (χ0n) is 10.3. The molecular weight excluding hydrogens is 210 g/mol. The van der Waals surface area contributed by atoms with Crippen molar-refractivity contribution < 1.29 is 4.79 Å². The van der Waals surface area contributed by atoms with Gasteiger partial charge in [0, 0.05) is 12.5 Å². The van der Waals surface area contributed by atoms with E-state index in [1.807, 2.05) is 6.92 Å². The highest BCUT2D eigenvalue weighted by Gasteiger charge is 2.13. The minimum absolute atomic E-state index is 0.0581. The maximum Gasteiger partial charge on any atom is 0.222 e. The summed E-state index contributed by atoms with van der Waals surface area (Å²) in [5.41, 5.74) is 0. The molecule has 2 atom stereocenters. The van der Waals surface area contributed by atoms with Crippen LogP contribution in [-0.2, 0) is 4.79 Å². The lowest BCUT2D eigenvalue weighted by atomic mass is 10.0. The first-order valence-corrected chi connectivity index (χ1v) is 6.32. The molecule has 0 heterocycles. The van der Waals surface area contributed by atoms with Crippen LogP contribution in [0.1, 0.15) is 47.0 Å². The molecule has 1 amide bonds. The molecule has 0 saturated heterocycles. The van der Waals surface area contributed by atoms with Crippen LogP contribution in [0.15, 0.2) is 0 Å². The second kappa shape index (κ2) is 7.98. The predicted molar refractivity (Wildman–Crippen MR) is 66.2 cm³/mol. The van der Waals surface area contributed by atoms with Crippen LogP contribution >= 0.6 is 11.6 Å². The normalized spacial score (nSPS) is 15.1. The molecule has 0 aliphatic rings. The van der Waals surface area contributed by atoms with Crippen LogP contribution in [0, 0.1) is 11.8 Å². The summed E-state index contributed by atoms with van der Waals surface area (Å²) >= 11 is 6.09. The van der Waals surface area contributed by atoms with Gasteiger partial charge in [-0.3, -0.25) is 4.79 Å². The summed E-state index contributed by atoms with van der Waals surface area (Å²) in [6.45, 7) is 8.91. The minimum Gasteiger partial charge on any atom is -0.354 e. The number of rotatable bonds is 7. The third kappa shape index (κ3) is 7.66. The highest BCUT2D eigenvalue weighted by Crippen LogP contribution is 2.10. The van der Waals surface area contributed by atoms with Crippen LogP contribution in [-0.4, -0.2) is 17.8 Å². The van der Waals surface area contributed by atoms with Crippen LogP contribution in [0.3, 0.4) is 0 Å². The topological polar surface area (TPSA) is 29.1 Å². The molecule has 0 rings (SSSR count). The van der Waals surface area contributed by atoms with Crippen molar-refractivity contribution in [1.29, 1.82) is 0 Å². The van der Waals surface area contributed by atoms with Gasteiger partial charge in [0.1, 0.15) is 0 Å². The van der Waals surface area contributed by atoms with Crippen LogP contribution in [0.4, 0.5) is 0 Å². The second-order valence-corrected chi connectivity index (χ2v) is 5.28. The van der Waals surface area contributed by atoms with Gasteiger partial charge in [-0.05, 0) is 18.8 Å². The van der Waals surface area contributed by atoms with Crippen molar-refractivity contribution in [3.8, 4) is 0 Å². The molecule has 0 spiro atoms. The summed E-state index contributed by atoms with van der Waals surface area (Å²) in [4.78, 5) is 11.6. The fourth-order valence-electron chi connectivity index (χ4n) is 1.54. The summed E-state index contributed by atoms with van der Waals surface area (Å²) in [5, 5.41) is 2.96. The van der Waals surface area contributed by atoms with Crippen LogP contribution < -0.4 is 5.32 Å². The van der Waals surface area contributed by atoms with E-state index in [0.29, 0.717) is 12.5 Å². The smallest absolute Gasteiger partial charge is 0.222 e. The Hall–Kier alpha value is -0.240. The molecular formula is C12H24ClNO. The molecule has 0 aliphatic heterocycles. The van der Waals surface area contributed by atoms with E-state index in [1.165, 1.54) is 0 Å². The van der Waals surface area contributed by atoms with Gasteiger partial charge >= 0.3 is 0 Å². The Morgan fingerprint density at radius 2 is 1.93 bits per heavy atom. The van der Waals surface area contributed by atoms with Crippen molar-refractivity contribution in [1.82, 2.24) is 5.32 Å². The lowest BCUT2D eigenvalue weighted by Gasteiger charge is -2.15. The Labute approximate surface area is 98.8 Å². The van der Waals surface area contributed by atoms with E-state index >= 15 is 0 Å². The first-order valence-electron chi connectivity index (χ1n) is 5.89. The zero-order valence-corrected chi connectivity index (χ0v) is 11.1. The Balaban J connectivity index is 3.70. The third-order valence-electron chi connectivity index (χ3n) is 2.39. The van der Waals surface area contributed by atoms with E-state index in [1.54, 1.807) is 0 Å². The molecule has 0 aromatic heterocycles. The quantitative estimate of drug-likeness (QED) is 0.673. The molecule has 3 heteroatoms. The standard InChI is InChI=1S/C12H24ClNO/c1-5-6-10(4)12(15)14-8-11(13)7-9(2)3/h9-11H,5-8H2,1-4H3,(H,14,15). The van der Waals surface area contributed by atoms with Gasteiger partial charge in [0.25, 0.3) is 0 Å². The fourth-order valence-corrected chi connectivity index (χ4v) is 1.98. The Kier molecular flexibility index (Phi) is 7.85. The van der Waals surface area contributed by atoms with Gasteiger partial charge in [0.15, 0.2) is 0 Å². The van der Waals surface area contributed by atoms with Crippen molar-refractivity contribution in [2.45, 2.75) is 52.3 Å². The molecule has 0 aromatic carbocycles. The molecule has 1 N–H and O–H groups in total.